The van der Waals surface area contributed by atoms with Gasteiger partial charge in [-0.15, -0.1) is 0 Å². The van der Waals surface area contributed by atoms with Gasteiger partial charge in [-0.3, -0.25) is 0 Å². The fraction of sp³-hybridized carbons (Fsp3) is 0.611. The first kappa shape index (κ1) is 18.9. The third-order valence-corrected chi connectivity index (χ3v) is 4.58. The van der Waals surface area contributed by atoms with Crippen LogP contribution in [0.25, 0.3) is 10.4 Å². The fourth-order valence-electron chi connectivity index (χ4n) is 3.36. The molecule has 1 aliphatic rings. The summed E-state index contributed by atoms with van der Waals surface area (Å²) in [5.74, 6) is 0.241. The highest BCUT2D eigenvalue weighted by molar-refractivity contribution is 5.81. The van der Waals surface area contributed by atoms with E-state index in [1.54, 1.807) is 14.0 Å². The quantitative estimate of drug-likeness (QED) is 0.244. The minimum Gasteiger partial charge on any atom is -0.497 e. The van der Waals surface area contributed by atoms with Gasteiger partial charge in [-0.1, -0.05) is 31.3 Å². The molecular weight excluding hydrogens is 320 g/mol. The van der Waals surface area contributed by atoms with Gasteiger partial charge in [0.1, 0.15) is 11.8 Å². The van der Waals surface area contributed by atoms with Gasteiger partial charge < -0.3 is 14.8 Å². The smallest absolute Gasteiger partial charge is 0.328 e. The van der Waals surface area contributed by atoms with Crippen molar-refractivity contribution in [2.45, 2.75) is 51.6 Å². The molecule has 1 aromatic rings. The van der Waals surface area contributed by atoms with E-state index in [4.69, 9.17) is 15.0 Å². The van der Waals surface area contributed by atoms with Crippen LogP contribution in [0.5, 0.6) is 5.75 Å². The van der Waals surface area contributed by atoms with Crippen LogP contribution in [0.15, 0.2) is 23.3 Å². The molecule has 3 unspecified atom stereocenters. The third-order valence-electron chi connectivity index (χ3n) is 4.58. The number of benzene rings is 1. The van der Waals surface area contributed by atoms with Crippen molar-refractivity contribution in [1.29, 1.82) is 0 Å². The Labute approximate surface area is 148 Å². The lowest BCUT2D eigenvalue weighted by atomic mass is 9.79. The molecule has 0 saturated heterocycles. The second-order valence-corrected chi connectivity index (χ2v) is 6.14. The van der Waals surface area contributed by atoms with Crippen LogP contribution >= 0.6 is 0 Å². The summed E-state index contributed by atoms with van der Waals surface area (Å²) in [4.78, 5) is 15.5. The molecule has 0 saturated carbocycles. The van der Waals surface area contributed by atoms with Crippen LogP contribution in [0, 0.1) is 5.92 Å². The van der Waals surface area contributed by atoms with Crippen molar-refractivity contribution < 1.29 is 14.3 Å². The molecule has 7 heteroatoms. The number of hydrogen-bond acceptors (Lipinski definition) is 5. The van der Waals surface area contributed by atoms with Gasteiger partial charge in [-0.05, 0) is 42.6 Å². The number of anilines is 1. The highest BCUT2D eigenvalue weighted by Crippen LogP contribution is 2.43. The number of unbranched alkanes of at least 4 members (excludes halogenated alkanes) is 2. The zero-order valence-electron chi connectivity index (χ0n) is 15.1. The topological polar surface area (TPSA) is 96.3 Å². The van der Waals surface area contributed by atoms with Crippen molar-refractivity contribution >= 4 is 11.7 Å². The van der Waals surface area contributed by atoms with Crippen LogP contribution < -0.4 is 10.1 Å². The van der Waals surface area contributed by atoms with Gasteiger partial charge in [0.2, 0.25) is 0 Å². The number of fused-ring (bicyclic) bond motifs is 1. The van der Waals surface area contributed by atoms with Crippen molar-refractivity contribution in [2.75, 3.05) is 19.0 Å². The van der Waals surface area contributed by atoms with Crippen molar-refractivity contribution in [3.8, 4) is 5.75 Å². The lowest BCUT2D eigenvalue weighted by molar-refractivity contribution is -0.145. The van der Waals surface area contributed by atoms with Crippen LogP contribution in [0.4, 0.5) is 5.69 Å². The van der Waals surface area contributed by atoms with Gasteiger partial charge in [0.15, 0.2) is 0 Å². The normalized spacial score (nSPS) is 21.5. The number of nitrogens with one attached hydrogen (secondary N) is 1. The van der Waals surface area contributed by atoms with Gasteiger partial charge in [0, 0.05) is 16.5 Å². The molecule has 25 heavy (non-hydrogen) atoms. The zero-order valence-corrected chi connectivity index (χ0v) is 15.1. The maximum absolute atomic E-state index is 12.5. The Morgan fingerprint density at radius 3 is 2.80 bits per heavy atom. The fourth-order valence-corrected chi connectivity index (χ4v) is 3.36. The molecule has 0 amide bonds. The molecule has 0 bridgehead atoms. The second-order valence-electron chi connectivity index (χ2n) is 6.14. The van der Waals surface area contributed by atoms with Crippen LogP contribution in [0.2, 0.25) is 0 Å². The predicted molar refractivity (Wildman–Crippen MR) is 96.6 cm³/mol. The van der Waals surface area contributed by atoms with Crippen molar-refractivity contribution in [2.24, 2.45) is 11.0 Å². The average molecular weight is 346 g/mol. The van der Waals surface area contributed by atoms with E-state index in [9.17, 15) is 4.79 Å². The van der Waals surface area contributed by atoms with Crippen LogP contribution in [-0.2, 0) is 9.53 Å². The number of azide groups is 1. The highest BCUT2D eigenvalue weighted by atomic mass is 16.5. The van der Waals surface area contributed by atoms with Gasteiger partial charge >= 0.3 is 5.97 Å². The van der Waals surface area contributed by atoms with E-state index in [1.807, 2.05) is 18.2 Å². The summed E-state index contributed by atoms with van der Waals surface area (Å²) >= 11 is 0. The van der Waals surface area contributed by atoms with Gasteiger partial charge in [0.25, 0.3) is 0 Å². The number of hydrogen-bond donors (Lipinski definition) is 1. The zero-order chi connectivity index (χ0) is 18.2. The Hall–Kier alpha value is -2.40. The molecule has 7 nitrogen and oxygen atoms in total. The maximum Gasteiger partial charge on any atom is 0.328 e. The van der Waals surface area contributed by atoms with Gasteiger partial charge in [-0.25, -0.2) is 4.79 Å². The van der Waals surface area contributed by atoms with Crippen molar-refractivity contribution in [3.63, 3.8) is 0 Å². The lowest BCUT2D eigenvalue weighted by Crippen LogP contribution is -2.44. The molecule has 2 rings (SSSR count). The van der Waals surface area contributed by atoms with E-state index in [2.05, 4.69) is 22.3 Å². The number of ether oxygens (including phenoxy) is 2. The number of rotatable bonds is 8. The summed E-state index contributed by atoms with van der Waals surface area (Å²) in [6.45, 7) is 4.24. The van der Waals surface area contributed by atoms with Crippen molar-refractivity contribution in [1.82, 2.24) is 0 Å². The first-order valence-electron chi connectivity index (χ1n) is 8.81. The standard InChI is InChI=1S/C18H26N4O3/c1-4-6-7-8-13-16(21-22-19)14-11-12(24-3)9-10-15(14)20-17(13)18(23)25-5-2/h9-11,13,16-17,20H,4-8H2,1-3H3. The van der Waals surface area contributed by atoms with E-state index in [1.165, 1.54) is 0 Å². The van der Waals surface area contributed by atoms with E-state index in [-0.39, 0.29) is 11.9 Å². The van der Waals surface area contributed by atoms with E-state index in [0.717, 1.165) is 36.9 Å². The first-order valence-corrected chi connectivity index (χ1v) is 8.81. The van der Waals surface area contributed by atoms with Crippen molar-refractivity contribution in [3.05, 3.63) is 34.2 Å². The van der Waals surface area contributed by atoms with Crippen LogP contribution in [-0.4, -0.2) is 25.7 Å². The summed E-state index contributed by atoms with van der Waals surface area (Å²) < 4.78 is 10.5. The number of esters is 1. The molecule has 0 spiro atoms. The summed E-state index contributed by atoms with van der Waals surface area (Å²) in [6.07, 6.45) is 3.90. The Kier molecular flexibility index (Phi) is 6.95. The molecule has 1 aliphatic heterocycles. The molecule has 0 aliphatic carbocycles. The molecule has 1 heterocycles. The largest absolute Gasteiger partial charge is 0.497 e. The van der Waals surface area contributed by atoms with E-state index >= 15 is 0 Å². The number of carbonyl (C=O) groups is 1. The van der Waals surface area contributed by atoms with E-state index in [0.29, 0.717) is 12.4 Å². The highest BCUT2D eigenvalue weighted by Gasteiger charge is 2.40. The van der Waals surface area contributed by atoms with Crippen LogP contribution in [0.3, 0.4) is 0 Å². The van der Waals surface area contributed by atoms with Gasteiger partial charge in [-0.2, -0.15) is 0 Å². The minimum atomic E-state index is -0.520. The molecule has 136 valence electrons. The monoisotopic (exact) mass is 346 g/mol. The Morgan fingerprint density at radius 1 is 1.36 bits per heavy atom. The van der Waals surface area contributed by atoms with E-state index < -0.39 is 12.1 Å². The summed E-state index contributed by atoms with van der Waals surface area (Å²) in [7, 11) is 1.60. The lowest BCUT2D eigenvalue weighted by Gasteiger charge is -2.37. The average Bonchev–Trinajstić information content (AvgIpc) is 2.62. The Morgan fingerprint density at radius 2 is 2.16 bits per heavy atom. The summed E-state index contributed by atoms with van der Waals surface area (Å²) in [5.41, 5.74) is 10.7. The van der Waals surface area contributed by atoms with Crippen LogP contribution in [0.1, 0.15) is 51.1 Å². The first-order chi connectivity index (χ1) is 12.2. The summed E-state index contributed by atoms with van der Waals surface area (Å²) in [5, 5.41) is 7.32. The molecule has 0 radical (unpaired) electrons. The second kappa shape index (κ2) is 9.18. The van der Waals surface area contributed by atoms with Gasteiger partial charge in [0.05, 0.1) is 19.8 Å². The molecule has 1 N–H and O–H groups in total. The Balaban J connectivity index is 2.42. The third kappa shape index (κ3) is 4.37. The predicted octanol–water partition coefficient (Wildman–Crippen LogP) is 4.60. The molecule has 0 fully saturated rings. The minimum absolute atomic E-state index is 0.152. The molecule has 1 aromatic carbocycles. The molecule has 0 aromatic heterocycles. The SMILES string of the molecule is CCCCCC1C(C(=O)OCC)Nc2ccc(OC)cc2C1N=[N+]=[N-]. The molecular formula is C18H26N4O3. The number of nitrogens with zero attached hydrogens (tertiary/aromatic N) is 3. The number of methoxy groups -OCH3 is 1. The Bertz CT molecular complexity index is 643. The number of carbonyl (C=O) groups excluding carboxylic acids is 1. The molecule has 3 atom stereocenters. The maximum atomic E-state index is 12.5. The summed E-state index contributed by atoms with van der Waals surface area (Å²) in [6, 6.07) is 4.59.